The number of aromatic hydroxyl groups is 4. The van der Waals surface area contributed by atoms with Gasteiger partial charge < -0.3 is 65.0 Å². The summed E-state index contributed by atoms with van der Waals surface area (Å²) in [6.07, 6.45) is 6.52. The number of unbranched alkanes of at least 4 members (excludes halogenated alkanes) is 1. The van der Waals surface area contributed by atoms with E-state index in [4.69, 9.17) is 9.47 Å². The number of rotatable bonds is 23. The van der Waals surface area contributed by atoms with Crippen LogP contribution in [0.3, 0.4) is 0 Å². The van der Waals surface area contributed by atoms with Crippen molar-refractivity contribution < 1.29 is 71.9 Å². The fourth-order valence-corrected chi connectivity index (χ4v) is 14.2. The molecule has 8 N–H and O–H groups in total. The second-order valence-electron chi connectivity index (χ2n) is 27.6. The monoisotopic (exact) mass is 1530 g/mol. The second kappa shape index (κ2) is 34.7. The Balaban J connectivity index is 0.000000167. The Labute approximate surface area is 647 Å². The fourth-order valence-electron chi connectivity index (χ4n) is 14.2. The van der Waals surface area contributed by atoms with Crippen LogP contribution < -0.4 is 34.6 Å². The number of anilines is 3. The van der Waals surface area contributed by atoms with Crippen LogP contribution in [0, 0.1) is 0 Å². The van der Waals surface area contributed by atoms with Gasteiger partial charge in [-0.1, -0.05) is 61.9 Å². The van der Waals surface area contributed by atoms with Crippen molar-refractivity contribution in [3.63, 3.8) is 0 Å². The molecule has 2 aromatic heterocycles. The SMILES string of the molecule is CCCCOC(=O)c1ccccc1C1=c2cc3c(cc2Oc2cc4c(cc21)C(C)=CC(C)(C)N4CC)=[N+](CC)C(C)(C)C=C3C.OCCN(CCO)c1ccc(N=Nc2cc(-n3nc4ccccc4n3)ccc2O)c(O)c1.OCCN(CCO)c1ccc(N=Nc2cc(-n3nc4ccccc4n3)ccc2O)c(O)c1.[Co]. The minimum Gasteiger partial charge on any atom is -0.506 e. The van der Waals surface area contributed by atoms with E-state index in [1.54, 1.807) is 58.3 Å². The number of ether oxygens (including phenoxy) is 2. The van der Waals surface area contributed by atoms with Gasteiger partial charge in [0.05, 0.1) is 61.6 Å². The molecule has 0 saturated heterocycles. The van der Waals surface area contributed by atoms with Gasteiger partial charge in [-0.3, -0.25) is 0 Å². The molecule has 110 heavy (non-hydrogen) atoms. The van der Waals surface area contributed by atoms with Crippen molar-refractivity contribution in [3.05, 3.63) is 220 Å². The van der Waals surface area contributed by atoms with Gasteiger partial charge in [-0.15, -0.1) is 40.9 Å². The quantitative estimate of drug-likeness (QED) is 0.0128. The first-order valence-corrected chi connectivity index (χ1v) is 36.5. The average Bonchev–Trinajstić information content (AvgIpc) is 0.833. The number of fused-ring (bicyclic) bond motifs is 6. The van der Waals surface area contributed by atoms with Crippen LogP contribution in [0.1, 0.15) is 108 Å². The maximum Gasteiger partial charge on any atom is 0.338 e. The normalized spacial score (nSPS) is 13.7. The number of phenolic OH excluding ortho intramolecular Hbond substituents is 4. The van der Waals surface area contributed by atoms with Crippen LogP contribution in [0.5, 0.6) is 34.5 Å². The van der Waals surface area contributed by atoms with Gasteiger partial charge in [0.15, 0.2) is 5.54 Å². The van der Waals surface area contributed by atoms with Crippen molar-refractivity contribution in [1.29, 1.82) is 0 Å². The van der Waals surface area contributed by atoms with Crippen LogP contribution in [0.15, 0.2) is 202 Å². The number of hydrogen-bond acceptors (Lipinski definition) is 22. The summed E-state index contributed by atoms with van der Waals surface area (Å²) in [7, 11) is 0. The number of azo groups is 2. The fraction of sp³-hybridized carbons (Fsp3) is 0.286. The Bertz CT molecular complexity index is 5210. The number of allylic oxidation sites excluding steroid dienone is 2. The van der Waals surface area contributed by atoms with Crippen LogP contribution in [0.2, 0.25) is 0 Å². The molecule has 0 amide bonds. The van der Waals surface area contributed by atoms with Crippen molar-refractivity contribution in [2.24, 2.45) is 20.5 Å². The standard InChI is InChI=1S/C40H47N2O3.2C22H22N6O4.Co/c1-10-13-18-44-38(43)28-17-15-14-16-27(28)37-31-19-29-25(4)23-39(6,7)41(11-2)33(29)21-35(31)45-36-22-34-30(20-32(36)37)26(5)24-40(8,9)42(34)12-3;2*29-11-9-27(10-12-30)15-5-7-19(22(32)14-15)23-24-20-13-16(6-8-21(20)31)28-25-17-3-1-2-4-18(17)26-28;/h14-17,19-24H,10-13,18H2,1-9H3;2*1-8,13-14,29-32H,9-12H2;/q+1;;;. The van der Waals surface area contributed by atoms with Crippen LogP contribution in [0.25, 0.3) is 50.2 Å². The average molecular weight is 1530 g/mol. The maximum atomic E-state index is 13.6. The van der Waals surface area contributed by atoms with Gasteiger partial charge in [0, 0.05) is 126 Å². The van der Waals surface area contributed by atoms with Crippen molar-refractivity contribution in [2.45, 2.75) is 86.2 Å². The summed E-state index contributed by atoms with van der Waals surface area (Å²) in [5, 5.41) is 114. The zero-order chi connectivity index (χ0) is 77.3. The molecule has 25 nitrogen and oxygen atoms in total. The molecule has 3 aliphatic heterocycles. The first-order valence-electron chi connectivity index (χ1n) is 36.5. The zero-order valence-corrected chi connectivity index (χ0v) is 64.0. The summed E-state index contributed by atoms with van der Waals surface area (Å²) in [5.74, 6) is 0.914. The van der Waals surface area contributed by atoms with E-state index in [0.29, 0.717) is 61.1 Å². The predicted octanol–water partition coefficient (Wildman–Crippen LogP) is 13.8. The smallest absolute Gasteiger partial charge is 0.338 e. The largest absolute Gasteiger partial charge is 0.506 e. The number of carbonyl (C=O) groups is 1. The van der Waals surface area contributed by atoms with E-state index in [1.165, 1.54) is 67.2 Å². The molecule has 0 spiro atoms. The van der Waals surface area contributed by atoms with Crippen molar-refractivity contribution in [3.8, 4) is 45.9 Å². The van der Waals surface area contributed by atoms with Crippen LogP contribution >= 0.6 is 0 Å². The van der Waals surface area contributed by atoms with E-state index in [0.717, 1.165) is 81.4 Å². The molecular weight excluding hydrogens is 1440 g/mol. The number of aliphatic hydroxyl groups excluding tert-OH is 4. The molecule has 571 valence electrons. The van der Waals surface area contributed by atoms with Gasteiger partial charge in [-0.05, 0) is 174 Å². The number of likely N-dealkylation sites (N-methyl/N-ethyl adjacent to an activating group) is 2. The van der Waals surface area contributed by atoms with Crippen molar-refractivity contribution in [2.75, 3.05) is 87.0 Å². The Kier molecular flexibility index (Phi) is 25.1. The number of carbonyl (C=O) groups excluding carboxylic acids is 1. The van der Waals surface area contributed by atoms with Crippen LogP contribution in [-0.4, -0.2) is 160 Å². The molecule has 0 saturated carbocycles. The van der Waals surface area contributed by atoms with Gasteiger partial charge in [0.1, 0.15) is 85.9 Å². The molecule has 0 atom stereocenters. The molecule has 3 aliphatic rings. The number of phenols is 4. The third-order valence-corrected chi connectivity index (χ3v) is 19.3. The molecule has 5 heterocycles. The zero-order valence-electron chi connectivity index (χ0n) is 62.9. The van der Waals surface area contributed by atoms with Gasteiger partial charge in [-0.2, -0.15) is 9.59 Å². The molecule has 14 rings (SSSR count). The third-order valence-electron chi connectivity index (χ3n) is 19.3. The second-order valence-corrected chi connectivity index (χ2v) is 27.6. The number of aromatic nitrogens is 6. The molecule has 11 aromatic rings. The Morgan fingerprint density at radius 3 is 1.47 bits per heavy atom. The van der Waals surface area contributed by atoms with Gasteiger partial charge in [-0.25, -0.2) is 9.37 Å². The number of esters is 1. The Morgan fingerprint density at radius 2 is 1.00 bits per heavy atom. The summed E-state index contributed by atoms with van der Waals surface area (Å²) in [6.45, 7) is 23.1. The number of nitrogens with zero attached hydrogens (tertiary/aromatic N) is 14. The topological polar surface area (TPSA) is 321 Å². The Hall–Kier alpha value is -11.7. The summed E-state index contributed by atoms with van der Waals surface area (Å²) in [5.41, 5.74) is 15.4. The molecular formula is C84H91CoN14O11+. The molecule has 9 aromatic carbocycles. The first kappa shape index (κ1) is 79.4. The van der Waals surface area contributed by atoms with Crippen LogP contribution in [-0.2, 0) is 21.5 Å². The summed E-state index contributed by atoms with van der Waals surface area (Å²) < 4.78 is 15.1. The van der Waals surface area contributed by atoms with Crippen molar-refractivity contribution in [1.82, 2.24) is 34.6 Å². The third kappa shape index (κ3) is 17.1. The summed E-state index contributed by atoms with van der Waals surface area (Å²) in [4.78, 5) is 22.4. The predicted molar refractivity (Wildman–Crippen MR) is 424 cm³/mol. The van der Waals surface area contributed by atoms with E-state index >= 15 is 0 Å². The van der Waals surface area contributed by atoms with Gasteiger partial charge in [0.2, 0.25) is 5.36 Å². The minimum absolute atomic E-state index is 0. The van der Waals surface area contributed by atoms with Crippen LogP contribution in [0.4, 0.5) is 39.8 Å². The summed E-state index contributed by atoms with van der Waals surface area (Å²) >= 11 is 0. The first-order chi connectivity index (χ1) is 52.6. The van der Waals surface area contributed by atoms with E-state index in [1.807, 2.05) is 66.7 Å². The molecule has 1 radical (unpaired) electrons. The van der Waals surface area contributed by atoms with E-state index in [9.17, 15) is 45.6 Å². The number of aliphatic hydroxyl groups is 4. The minimum atomic E-state index is -0.290. The van der Waals surface area contributed by atoms with Gasteiger partial charge in [0.25, 0.3) is 0 Å². The van der Waals surface area contributed by atoms with E-state index in [2.05, 4.69) is 155 Å². The molecule has 26 heteroatoms. The molecule has 0 aliphatic carbocycles. The number of benzene rings is 9. The molecule has 0 unspecified atom stereocenters. The number of hydrogen-bond donors (Lipinski definition) is 8. The Morgan fingerprint density at radius 1 is 0.518 bits per heavy atom. The van der Waals surface area contributed by atoms with Gasteiger partial charge >= 0.3 is 5.97 Å². The molecule has 0 bridgehead atoms. The maximum absolute atomic E-state index is 13.6. The van der Waals surface area contributed by atoms with E-state index < -0.39 is 0 Å². The van der Waals surface area contributed by atoms with E-state index in [-0.39, 0.29) is 106 Å². The molecule has 0 fully saturated rings. The van der Waals surface area contributed by atoms with Crippen molar-refractivity contribution >= 4 is 84.6 Å². The summed E-state index contributed by atoms with van der Waals surface area (Å²) in [6, 6.07) is 50.7.